The first-order valence-corrected chi connectivity index (χ1v) is 10.9. The van der Waals surface area contributed by atoms with Crippen LogP contribution in [0.25, 0.3) is 11.1 Å². The monoisotopic (exact) mass is 470 g/mol. The molecule has 1 aliphatic rings. The molecule has 0 radical (unpaired) electrons. The van der Waals surface area contributed by atoms with Gasteiger partial charge < -0.3 is 14.5 Å². The number of nitrogens with zero attached hydrogens (tertiary/aromatic N) is 4. The quantitative estimate of drug-likeness (QED) is 0.518. The van der Waals surface area contributed by atoms with Crippen molar-refractivity contribution in [1.29, 1.82) is 0 Å². The van der Waals surface area contributed by atoms with Gasteiger partial charge in [-0.25, -0.2) is 9.97 Å². The highest BCUT2D eigenvalue weighted by atomic mass is 19.4. The van der Waals surface area contributed by atoms with Crippen LogP contribution in [0.4, 0.5) is 19.1 Å². The van der Waals surface area contributed by atoms with Gasteiger partial charge in [-0.05, 0) is 48.2 Å². The molecule has 0 aliphatic carbocycles. The summed E-state index contributed by atoms with van der Waals surface area (Å²) in [6.45, 7) is 1.12. The second-order valence-electron chi connectivity index (χ2n) is 8.42. The molecule has 1 fully saturated rings. The summed E-state index contributed by atoms with van der Waals surface area (Å²) in [5, 5.41) is 0. The van der Waals surface area contributed by atoms with Crippen LogP contribution in [0, 0.1) is 0 Å². The summed E-state index contributed by atoms with van der Waals surface area (Å²) in [6.07, 6.45) is 0.595. The molecule has 6 nitrogen and oxygen atoms in total. The first-order chi connectivity index (χ1) is 16.2. The number of aromatic nitrogens is 2. The summed E-state index contributed by atoms with van der Waals surface area (Å²) in [4.78, 5) is 25.5. The Morgan fingerprint density at radius 3 is 2.38 bits per heavy atom. The van der Waals surface area contributed by atoms with Gasteiger partial charge in [0.25, 0.3) is 5.91 Å². The van der Waals surface area contributed by atoms with Gasteiger partial charge in [0.05, 0.1) is 0 Å². The van der Waals surface area contributed by atoms with Gasteiger partial charge in [-0.2, -0.15) is 0 Å². The number of likely N-dealkylation sites (tertiary alicyclic amines) is 1. The van der Waals surface area contributed by atoms with Gasteiger partial charge in [0.1, 0.15) is 5.75 Å². The molecule has 1 atom stereocenters. The fourth-order valence-electron chi connectivity index (χ4n) is 4.20. The summed E-state index contributed by atoms with van der Waals surface area (Å²) in [5.41, 5.74) is 3.39. The number of ether oxygens (including phenoxy) is 1. The van der Waals surface area contributed by atoms with Crippen LogP contribution in [-0.4, -0.2) is 54.3 Å². The van der Waals surface area contributed by atoms with E-state index in [4.69, 9.17) is 0 Å². The zero-order valence-electron chi connectivity index (χ0n) is 18.9. The number of amides is 1. The van der Waals surface area contributed by atoms with Gasteiger partial charge >= 0.3 is 6.36 Å². The molecule has 4 rings (SSSR count). The fraction of sp³-hybridized carbons (Fsp3) is 0.320. The second kappa shape index (κ2) is 9.70. The summed E-state index contributed by atoms with van der Waals surface area (Å²) < 4.78 is 41.1. The summed E-state index contributed by atoms with van der Waals surface area (Å²) >= 11 is 0. The van der Waals surface area contributed by atoms with Crippen LogP contribution >= 0.6 is 0 Å². The van der Waals surface area contributed by atoms with Crippen molar-refractivity contribution >= 4 is 11.9 Å². The third-order valence-electron chi connectivity index (χ3n) is 5.79. The van der Waals surface area contributed by atoms with E-state index in [2.05, 4.69) is 20.8 Å². The molecule has 2 heterocycles. The van der Waals surface area contributed by atoms with Crippen molar-refractivity contribution in [1.82, 2.24) is 14.9 Å². The average molecular weight is 470 g/mol. The van der Waals surface area contributed by atoms with Gasteiger partial charge in [0.15, 0.2) is 0 Å². The van der Waals surface area contributed by atoms with Crippen molar-refractivity contribution in [3.05, 3.63) is 72.1 Å². The van der Waals surface area contributed by atoms with Gasteiger partial charge in [-0.1, -0.05) is 24.3 Å². The minimum atomic E-state index is -4.77. The standard InChI is InChI=1S/C25H25F3N4O2/c1-31(2)24-29-14-19(15-30-24)22-8-4-3-7-21(22)18-6-5-13-32(16-18)23(33)17-9-11-20(12-10-17)34-25(26,27)28/h3-4,7-12,14-15,18H,5-6,13,16H2,1-2H3. The van der Waals surface area contributed by atoms with Crippen LogP contribution in [0.5, 0.6) is 5.75 Å². The van der Waals surface area contributed by atoms with Gasteiger partial charge in [0, 0.05) is 56.6 Å². The van der Waals surface area contributed by atoms with E-state index in [-0.39, 0.29) is 17.6 Å². The van der Waals surface area contributed by atoms with Crippen LogP contribution in [0.3, 0.4) is 0 Å². The van der Waals surface area contributed by atoms with Crippen molar-refractivity contribution in [2.75, 3.05) is 32.1 Å². The van der Waals surface area contributed by atoms with E-state index in [1.807, 2.05) is 37.2 Å². The van der Waals surface area contributed by atoms with E-state index in [9.17, 15) is 18.0 Å². The lowest BCUT2D eigenvalue weighted by Crippen LogP contribution is -2.39. The SMILES string of the molecule is CN(C)c1ncc(-c2ccccc2C2CCCN(C(=O)c3ccc(OC(F)(F)F)cc3)C2)cn1. The molecular formula is C25H25F3N4O2. The molecule has 0 spiro atoms. The van der Waals surface area contributed by atoms with E-state index in [1.54, 1.807) is 17.3 Å². The van der Waals surface area contributed by atoms with Crippen LogP contribution in [0.2, 0.25) is 0 Å². The number of carbonyl (C=O) groups is 1. The Hall–Kier alpha value is -3.62. The largest absolute Gasteiger partial charge is 0.573 e. The number of halogens is 3. The smallest absolute Gasteiger partial charge is 0.406 e. The Morgan fingerprint density at radius 2 is 1.74 bits per heavy atom. The molecule has 1 aliphatic heterocycles. The molecular weight excluding hydrogens is 445 g/mol. The lowest BCUT2D eigenvalue weighted by atomic mass is 9.86. The number of rotatable bonds is 5. The Morgan fingerprint density at radius 1 is 1.06 bits per heavy atom. The number of alkyl halides is 3. The number of carbonyl (C=O) groups excluding carboxylic acids is 1. The lowest BCUT2D eigenvalue weighted by molar-refractivity contribution is -0.274. The first kappa shape index (κ1) is 23.5. The van der Waals surface area contributed by atoms with E-state index in [1.165, 1.54) is 12.1 Å². The van der Waals surface area contributed by atoms with Crippen molar-refractivity contribution in [2.24, 2.45) is 0 Å². The Bertz CT molecular complexity index is 1130. The summed E-state index contributed by atoms with van der Waals surface area (Å²) in [5.74, 6) is 0.189. The zero-order chi connectivity index (χ0) is 24.3. The van der Waals surface area contributed by atoms with E-state index in [0.29, 0.717) is 24.6 Å². The Kier molecular flexibility index (Phi) is 6.72. The predicted molar refractivity (Wildman–Crippen MR) is 123 cm³/mol. The Balaban J connectivity index is 1.52. The molecule has 1 unspecified atom stereocenters. The van der Waals surface area contributed by atoms with E-state index >= 15 is 0 Å². The van der Waals surface area contributed by atoms with Crippen LogP contribution in [-0.2, 0) is 0 Å². The highest BCUT2D eigenvalue weighted by molar-refractivity contribution is 5.94. The van der Waals surface area contributed by atoms with Crippen molar-refractivity contribution in [3.63, 3.8) is 0 Å². The maximum Gasteiger partial charge on any atom is 0.573 e. The molecule has 9 heteroatoms. The second-order valence-corrected chi connectivity index (χ2v) is 8.42. The molecule has 34 heavy (non-hydrogen) atoms. The number of hydrogen-bond acceptors (Lipinski definition) is 5. The van der Waals surface area contributed by atoms with E-state index in [0.717, 1.165) is 41.7 Å². The highest BCUT2D eigenvalue weighted by Gasteiger charge is 2.31. The molecule has 1 amide bonds. The predicted octanol–water partition coefficient (Wildman–Crippen LogP) is 5.13. The molecule has 1 aromatic heterocycles. The average Bonchev–Trinajstić information content (AvgIpc) is 2.83. The number of benzene rings is 2. The highest BCUT2D eigenvalue weighted by Crippen LogP contribution is 2.35. The molecule has 0 bridgehead atoms. The normalized spacial score (nSPS) is 16.3. The Labute approximate surface area is 196 Å². The topological polar surface area (TPSA) is 58.6 Å². The van der Waals surface area contributed by atoms with Crippen molar-refractivity contribution in [2.45, 2.75) is 25.1 Å². The van der Waals surface area contributed by atoms with Crippen molar-refractivity contribution in [3.8, 4) is 16.9 Å². The maximum atomic E-state index is 13.1. The number of piperidine rings is 1. The molecule has 178 valence electrons. The third kappa shape index (κ3) is 5.47. The zero-order valence-corrected chi connectivity index (χ0v) is 18.9. The molecule has 0 N–H and O–H groups in total. The molecule has 0 saturated carbocycles. The molecule has 2 aromatic carbocycles. The molecule has 3 aromatic rings. The van der Waals surface area contributed by atoms with Crippen LogP contribution in [0.1, 0.15) is 34.7 Å². The maximum absolute atomic E-state index is 13.1. The van der Waals surface area contributed by atoms with E-state index < -0.39 is 6.36 Å². The first-order valence-electron chi connectivity index (χ1n) is 10.9. The van der Waals surface area contributed by atoms with Crippen LogP contribution < -0.4 is 9.64 Å². The fourth-order valence-corrected chi connectivity index (χ4v) is 4.20. The number of hydrogen-bond donors (Lipinski definition) is 0. The minimum Gasteiger partial charge on any atom is -0.406 e. The summed E-state index contributed by atoms with van der Waals surface area (Å²) in [7, 11) is 3.76. The lowest BCUT2D eigenvalue weighted by Gasteiger charge is -2.34. The third-order valence-corrected chi connectivity index (χ3v) is 5.79. The molecule has 1 saturated heterocycles. The summed E-state index contributed by atoms with van der Waals surface area (Å²) in [6, 6.07) is 13.1. The van der Waals surface area contributed by atoms with Gasteiger partial charge in [-0.15, -0.1) is 13.2 Å². The van der Waals surface area contributed by atoms with Gasteiger partial charge in [0.2, 0.25) is 5.95 Å². The van der Waals surface area contributed by atoms with Crippen molar-refractivity contribution < 1.29 is 22.7 Å². The van der Waals surface area contributed by atoms with Gasteiger partial charge in [-0.3, -0.25) is 4.79 Å². The number of anilines is 1. The van der Waals surface area contributed by atoms with Crippen LogP contribution in [0.15, 0.2) is 60.9 Å². The minimum absolute atomic E-state index is 0.121.